The number of aromatic amines is 1. The molecular formula is C32H47N7O8. The van der Waals surface area contributed by atoms with E-state index in [9.17, 15) is 39.0 Å². The Bertz CT molecular complexity index is 1460. The molecule has 15 heteroatoms. The molecule has 0 spiro atoms. The van der Waals surface area contributed by atoms with Crippen LogP contribution in [0.25, 0.3) is 10.9 Å². The van der Waals surface area contributed by atoms with E-state index in [1.165, 1.54) is 25.7 Å². The van der Waals surface area contributed by atoms with Gasteiger partial charge in [-0.25, -0.2) is 4.79 Å². The van der Waals surface area contributed by atoms with Crippen molar-refractivity contribution in [2.24, 2.45) is 11.7 Å². The number of fused-ring (bicyclic) bond motifs is 1. The van der Waals surface area contributed by atoms with Crippen LogP contribution in [0.15, 0.2) is 30.5 Å². The standard InChI is InChI=1S/C32H47N7O8/c1-6-16(2)25(37-28(42)23(36-27(41)17(3)33)14-20-15-34-22-11-8-7-10-21(20)22)29(43)38-26(19(5)40)30(44)35-18(4)31(45)39-13-9-12-24(39)32(46)47/h7-8,10-11,15-19,23-26,34,40H,6,9,12-14,33H2,1-5H3,(H,35,44)(H,36,41)(H,37,42)(H,38,43)(H,46,47)/t16-,17-,18-,19+,23-,24-,25-,26-/m0/s1. The number of carbonyl (C=O) groups excluding carboxylic acids is 5. The predicted molar refractivity (Wildman–Crippen MR) is 173 cm³/mol. The van der Waals surface area contributed by atoms with Crippen molar-refractivity contribution < 1.29 is 39.0 Å². The topological polar surface area (TPSA) is 236 Å². The quantitative estimate of drug-likeness (QED) is 0.123. The number of hydrogen-bond acceptors (Lipinski definition) is 8. The Morgan fingerprint density at radius 2 is 1.57 bits per heavy atom. The molecule has 15 nitrogen and oxygen atoms in total. The van der Waals surface area contributed by atoms with Crippen molar-refractivity contribution in [3.63, 3.8) is 0 Å². The molecule has 2 aromatic rings. The van der Waals surface area contributed by atoms with Crippen LogP contribution in [0.3, 0.4) is 0 Å². The monoisotopic (exact) mass is 657 g/mol. The number of nitrogens with zero attached hydrogens (tertiary/aromatic N) is 1. The normalized spacial score (nSPS) is 19.0. The summed E-state index contributed by atoms with van der Waals surface area (Å²) in [7, 11) is 0. The minimum Gasteiger partial charge on any atom is -0.480 e. The molecule has 1 aromatic heterocycles. The lowest BCUT2D eigenvalue weighted by Crippen LogP contribution is -2.62. The Hall–Kier alpha value is -4.50. The summed E-state index contributed by atoms with van der Waals surface area (Å²) in [6.07, 6.45) is 1.70. The van der Waals surface area contributed by atoms with Gasteiger partial charge >= 0.3 is 5.97 Å². The van der Waals surface area contributed by atoms with Crippen LogP contribution in [0.4, 0.5) is 0 Å². The Kier molecular flexibility index (Phi) is 12.9. The van der Waals surface area contributed by atoms with Gasteiger partial charge in [0, 0.05) is 30.1 Å². The van der Waals surface area contributed by atoms with E-state index >= 15 is 0 Å². The average Bonchev–Trinajstić information content (AvgIpc) is 3.68. The molecule has 3 rings (SSSR count). The second kappa shape index (κ2) is 16.4. The van der Waals surface area contributed by atoms with Crippen LogP contribution >= 0.6 is 0 Å². The fraction of sp³-hybridized carbons (Fsp3) is 0.562. The third-order valence-electron chi connectivity index (χ3n) is 8.55. The first-order valence-corrected chi connectivity index (χ1v) is 15.9. The molecule has 0 unspecified atom stereocenters. The predicted octanol–water partition coefficient (Wildman–Crippen LogP) is -0.481. The van der Waals surface area contributed by atoms with Crippen LogP contribution in [0.5, 0.6) is 0 Å². The number of hydrogen-bond donors (Lipinski definition) is 8. The number of carbonyl (C=O) groups is 6. The fourth-order valence-corrected chi connectivity index (χ4v) is 5.54. The van der Waals surface area contributed by atoms with Crippen molar-refractivity contribution in [2.45, 2.75) is 103 Å². The summed E-state index contributed by atoms with van der Waals surface area (Å²) in [5.74, 6) is -5.01. The molecule has 0 aliphatic carbocycles. The molecule has 5 amide bonds. The number of para-hydroxylation sites is 1. The highest BCUT2D eigenvalue weighted by molar-refractivity contribution is 5.97. The van der Waals surface area contributed by atoms with Crippen molar-refractivity contribution in [1.82, 2.24) is 31.2 Å². The van der Waals surface area contributed by atoms with Crippen molar-refractivity contribution in [3.05, 3.63) is 36.0 Å². The Balaban J connectivity index is 1.77. The number of nitrogens with two attached hydrogens (primary N) is 1. The first-order valence-electron chi connectivity index (χ1n) is 15.9. The van der Waals surface area contributed by atoms with Crippen LogP contribution in [0.2, 0.25) is 0 Å². The molecule has 8 atom stereocenters. The molecule has 1 fully saturated rings. The summed E-state index contributed by atoms with van der Waals surface area (Å²) in [4.78, 5) is 81.9. The lowest BCUT2D eigenvalue weighted by Gasteiger charge is -2.30. The van der Waals surface area contributed by atoms with Crippen molar-refractivity contribution in [2.75, 3.05) is 6.54 Å². The van der Waals surface area contributed by atoms with Gasteiger partial charge in [-0.3, -0.25) is 24.0 Å². The Labute approximate surface area is 273 Å². The number of aliphatic hydroxyl groups excluding tert-OH is 1. The molecule has 47 heavy (non-hydrogen) atoms. The maximum Gasteiger partial charge on any atom is 0.326 e. The number of rotatable bonds is 15. The van der Waals surface area contributed by atoms with E-state index in [1.54, 1.807) is 13.1 Å². The molecule has 0 saturated carbocycles. The van der Waals surface area contributed by atoms with Gasteiger partial charge in [-0.2, -0.15) is 0 Å². The maximum atomic E-state index is 13.7. The van der Waals surface area contributed by atoms with E-state index in [-0.39, 0.29) is 13.0 Å². The maximum absolute atomic E-state index is 13.7. The van der Waals surface area contributed by atoms with Gasteiger partial charge < -0.3 is 47.1 Å². The average molecular weight is 658 g/mol. The summed E-state index contributed by atoms with van der Waals surface area (Å²) in [5.41, 5.74) is 7.36. The van der Waals surface area contributed by atoms with E-state index in [2.05, 4.69) is 26.3 Å². The first kappa shape index (κ1) is 37.0. The summed E-state index contributed by atoms with van der Waals surface area (Å²) in [6.45, 7) is 7.94. The number of carboxylic acids is 1. The van der Waals surface area contributed by atoms with E-state index in [4.69, 9.17) is 5.73 Å². The highest BCUT2D eigenvalue weighted by atomic mass is 16.4. The summed E-state index contributed by atoms with van der Waals surface area (Å²) in [5, 5.41) is 31.1. The van der Waals surface area contributed by atoms with Gasteiger partial charge in [0.15, 0.2) is 0 Å². The van der Waals surface area contributed by atoms with Gasteiger partial charge in [0.1, 0.15) is 30.2 Å². The summed E-state index contributed by atoms with van der Waals surface area (Å²) >= 11 is 0. The zero-order valence-electron chi connectivity index (χ0n) is 27.4. The van der Waals surface area contributed by atoms with Crippen molar-refractivity contribution in [3.8, 4) is 0 Å². The van der Waals surface area contributed by atoms with Crippen LogP contribution < -0.4 is 27.0 Å². The number of H-pyrrole nitrogens is 1. The number of aliphatic carboxylic acids is 1. The minimum atomic E-state index is -1.50. The number of aliphatic hydroxyl groups is 1. The van der Waals surface area contributed by atoms with Gasteiger partial charge in [0.25, 0.3) is 0 Å². The van der Waals surface area contributed by atoms with Crippen molar-refractivity contribution in [1.29, 1.82) is 0 Å². The molecule has 0 bridgehead atoms. The van der Waals surface area contributed by atoms with E-state index in [0.29, 0.717) is 19.3 Å². The lowest BCUT2D eigenvalue weighted by molar-refractivity contribution is -0.149. The molecule has 258 valence electrons. The fourth-order valence-electron chi connectivity index (χ4n) is 5.54. The molecule has 1 aromatic carbocycles. The highest BCUT2D eigenvalue weighted by Gasteiger charge is 2.38. The zero-order chi connectivity index (χ0) is 35.0. The molecule has 0 radical (unpaired) electrons. The molecule has 2 heterocycles. The lowest BCUT2D eigenvalue weighted by atomic mass is 9.96. The third-order valence-corrected chi connectivity index (χ3v) is 8.55. The molecule has 9 N–H and O–H groups in total. The molecule has 1 aliphatic heterocycles. The zero-order valence-corrected chi connectivity index (χ0v) is 27.4. The highest BCUT2D eigenvalue weighted by Crippen LogP contribution is 2.20. The molecular weight excluding hydrogens is 610 g/mol. The number of carboxylic acid groups (broad SMARTS) is 1. The number of amides is 5. The summed E-state index contributed by atoms with van der Waals surface area (Å²) < 4.78 is 0. The number of benzene rings is 1. The van der Waals surface area contributed by atoms with Gasteiger partial charge in [0.05, 0.1) is 12.1 Å². The Morgan fingerprint density at radius 3 is 2.19 bits per heavy atom. The van der Waals surface area contributed by atoms with Crippen molar-refractivity contribution >= 4 is 46.4 Å². The smallest absolute Gasteiger partial charge is 0.326 e. The molecule has 1 saturated heterocycles. The SMILES string of the molecule is CC[C@H](C)[C@H](NC(=O)[C@H](Cc1c[nH]c2ccccc12)NC(=O)[C@H](C)N)C(=O)N[C@H](C(=O)N[C@@H](C)C(=O)N1CCC[C@H]1C(=O)O)[C@@H](C)O. The van der Waals surface area contributed by atoms with Crippen LogP contribution in [-0.2, 0) is 35.2 Å². The summed E-state index contributed by atoms with van der Waals surface area (Å²) in [6, 6.07) is 0.666. The van der Waals surface area contributed by atoms with E-state index in [0.717, 1.165) is 16.5 Å². The largest absolute Gasteiger partial charge is 0.480 e. The van der Waals surface area contributed by atoms with E-state index < -0.39 is 83.8 Å². The van der Waals surface area contributed by atoms with Crippen LogP contribution in [0.1, 0.15) is 59.4 Å². The number of nitrogens with one attached hydrogen (secondary N) is 5. The minimum absolute atomic E-state index is 0.0908. The second-order valence-corrected chi connectivity index (χ2v) is 12.3. The number of likely N-dealkylation sites (tertiary alicyclic amines) is 1. The van der Waals surface area contributed by atoms with Gasteiger partial charge in [-0.05, 0) is 51.2 Å². The third kappa shape index (κ3) is 9.29. The number of aromatic nitrogens is 1. The van der Waals surface area contributed by atoms with Gasteiger partial charge in [-0.15, -0.1) is 0 Å². The van der Waals surface area contributed by atoms with Crippen LogP contribution in [0, 0.1) is 5.92 Å². The van der Waals surface area contributed by atoms with Gasteiger partial charge in [0.2, 0.25) is 29.5 Å². The van der Waals surface area contributed by atoms with Gasteiger partial charge in [-0.1, -0.05) is 38.5 Å². The second-order valence-electron chi connectivity index (χ2n) is 12.3. The molecule has 1 aliphatic rings. The Morgan fingerprint density at radius 1 is 0.936 bits per heavy atom. The van der Waals surface area contributed by atoms with Crippen LogP contribution in [-0.4, -0.2) is 105 Å². The van der Waals surface area contributed by atoms with E-state index in [1.807, 2.05) is 31.2 Å². The first-order chi connectivity index (χ1) is 22.2.